The lowest BCUT2D eigenvalue weighted by Crippen LogP contribution is -2.63. The molecule has 0 aliphatic carbocycles. The molecule has 15 nitrogen and oxygen atoms in total. The molecule has 0 saturated carbocycles. The number of carboxylic acids is 2. The number of unbranched alkanes of at least 4 members (excludes halogenated alkanes) is 7. The quantitative estimate of drug-likeness (QED) is 0.0724. The van der Waals surface area contributed by atoms with Crippen LogP contribution in [0.2, 0.25) is 0 Å². The van der Waals surface area contributed by atoms with Crippen LogP contribution in [0.5, 0.6) is 0 Å². The third kappa shape index (κ3) is 13.9. The Kier molecular flexibility index (Phi) is 17.8. The molecule has 1 rings (SSSR count). The largest absolute Gasteiger partial charge is 0.481 e. The van der Waals surface area contributed by atoms with E-state index in [1.807, 2.05) is 0 Å². The van der Waals surface area contributed by atoms with Gasteiger partial charge >= 0.3 is 11.9 Å². The molecule has 0 radical (unpaired) electrons. The number of aliphatic carboxylic acids is 2. The molecule has 0 spiro atoms. The van der Waals surface area contributed by atoms with E-state index in [0.717, 1.165) is 38.5 Å². The first kappa shape index (κ1) is 37.2. The number of carbonyl (C=O) groups excluding carboxylic acids is 3. The highest BCUT2D eigenvalue weighted by atomic mass is 16.6. The summed E-state index contributed by atoms with van der Waals surface area (Å²) in [7, 11) is 0. The molecular formula is C27H47N3O12. The van der Waals surface area contributed by atoms with Gasteiger partial charge in [0.05, 0.1) is 6.61 Å². The van der Waals surface area contributed by atoms with Crippen molar-refractivity contribution in [3.8, 4) is 0 Å². The standard InChI is InChI=1S/C27H47N3O12/c1-2-3-4-5-6-7-8-9-10-16(25(39)29-17(27(40)41)11-14-21(34)35)28-19(32)12-13-20(33)30-26-24(38)23(37)22(36)18(15-31)42-26/h16-18,22-24,26,31,36-38H,2-15H2,1H3,(H,28,32)(H,29,39)(H,30,33)(H,34,35)(H,40,41)/t16-,17-,18+,22+,23-,24+,26+/m0/s1. The first-order chi connectivity index (χ1) is 19.9. The van der Waals surface area contributed by atoms with Gasteiger partial charge in [-0.25, -0.2) is 4.79 Å². The molecule has 0 aromatic carbocycles. The van der Waals surface area contributed by atoms with E-state index in [2.05, 4.69) is 22.9 Å². The van der Waals surface area contributed by atoms with Gasteiger partial charge in [-0.05, 0) is 12.8 Å². The van der Waals surface area contributed by atoms with Crippen molar-refractivity contribution in [1.82, 2.24) is 16.0 Å². The van der Waals surface area contributed by atoms with Crippen molar-refractivity contribution in [3.05, 3.63) is 0 Å². The Balaban J connectivity index is 2.70. The molecule has 1 fully saturated rings. The van der Waals surface area contributed by atoms with Crippen LogP contribution >= 0.6 is 0 Å². The lowest BCUT2D eigenvalue weighted by Gasteiger charge is -2.40. The first-order valence-electron chi connectivity index (χ1n) is 14.5. The smallest absolute Gasteiger partial charge is 0.326 e. The second kappa shape index (κ2) is 20.1. The second-order valence-electron chi connectivity index (χ2n) is 10.5. The molecule has 3 amide bonds. The van der Waals surface area contributed by atoms with Crippen molar-refractivity contribution in [3.63, 3.8) is 0 Å². The molecule has 242 valence electrons. The van der Waals surface area contributed by atoms with Gasteiger partial charge in [0, 0.05) is 19.3 Å². The van der Waals surface area contributed by atoms with Gasteiger partial charge in [0.15, 0.2) is 6.23 Å². The van der Waals surface area contributed by atoms with Crippen LogP contribution in [0, 0.1) is 0 Å². The van der Waals surface area contributed by atoms with Gasteiger partial charge in [0.1, 0.15) is 36.5 Å². The van der Waals surface area contributed by atoms with Crippen molar-refractivity contribution in [2.75, 3.05) is 6.61 Å². The van der Waals surface area contributed by atoms with Crippen LogP contribution in [0.4, 0.5) is 0 Å². The average Bonchev–Trinajstić information content (AvgIpc) is 2.94. The van der Waals surface area contributed by atoms with E-state index in [1.54, 1.807) is 0 Å². The number of carboxylic acid groups (broad SMARTS) is 2. The molecular weight excluding hydrogens is 558 g/mol. The van der Waals surface area contributed by atoms with Crippen molar-refractivity contribution >= 4 is 29.7 Å². The number of amides is 3. The Labute approximate surface area is 245 Å². The van der Waals surface area contributed by atoms with Crippen LogP contribution in [-0.4, -0.2) is 110 Å². The Morgan fingerprint density at radius 2 is 1.31 bits per heavy atom. The van der Waals surface area contributed by atoms with E-state index in [1.165, 1.54) is 6.42 Å². The summed E-state index contributed by atoms with van der Waals surface area (Å²) < 4.78 is 5.21. The molecule has 7 atom stereocenters. The highest BCUT2D eigenvalue weighted by Crippen LogP contribution is 2.20. The number of nitrogens with one attached hydrogen (secondary N) is 3. The van der Waals surface area contributed by atoms with E-state index in [4.69, 9.17) is 9.84 Å². The summed E-state index contributed by atoms with van der Waals surface area (Å²) in [5.41, 5.74) is 0. The number of aliphatic hydroxyl groups is 4. The maximum absolute atomic E-state index is 12.9. The normalized spacial score (nSPS) is 23.4. The van der Waals surface area contributed by atoms with Gasteiger partial charge < -0.3 is 51.3 Å². The lowest BCUT2D eigenvalue weighted by molar-refractivity contribution is -0.236. The summed E-state index contributed by atoms with van der Waals surface area (Å²) in [6, 6.07) is -2.58. The number of ether oxygens (including phenoxy) is 1. The van der Waals surface area contributed by atoms with Gasteiger partial charge in [-0.1, -0.05) is 58.3 Å². The number of hydrogen-bond acceptors (Lipinski definition) is 10. The fourth-order valence-electron chi connectivity index (χ4n) is 4.49. The molecule has 0 bridgehead atoms. The Bertz CT molecular complexity index is 871. The summed E-state index contributed by atoms with van der Waals surface area (Å²) in [4.78, 5) is 60.3. The molecule has 1 saturated heterocycles. The van der Waals surface area contributed by atoms with Crippen LogP contribution in [0.3, 0.4) is 0 Å². The van der Waals surface area contributed by atoms with Gasteiger partial charge in [0.25, 0.3) is 0 Å². The van der Waals surface area contributed by atoms with Crippen molar-refractivity contribution < 1.29 is 59.3 Å². The van der Waals surface area contributed by atoms with Crippen LogP contribution in [-0.2, 0) is 28.7 Å². The summed E-state index contributed by atoms with van der Waals surface area (Å²) >= 11 is 0. The monoisotopic (exact) mass is 605 g/mol. The van der Waals surface area contributed by atoms with Gasteiger partial charge in [-0.3, -0.25) is 19.2 Å². The number of aliphatic hydroxyl groups excluding tert-OH is 4. The van der Waals surface area contributed by atoms with E-state index < -0.39 is 91.8 Å². The third-order valence-corrected chi connectivity index (χ3v) is 7.03. The Morgan fingerprint density at radius 1 is 0.714 bits per heavy atom. The fourth-order valence-corrected chi connectivity index (χ4v) is 4.49. The summed E-state index contributed by atoms with van der Waals surface area (Å²) in [5.74, 6) is -4.85. The maximum Gasteiger partial charge on any atom is 0.326 e. The molecule has 15 heteroatoms. The van der Waals surface area contributed by atoms with Crippen LogP contribution in [0.15, 0.2) is 0 Å². The molecule has 0 aromatic heterocycles. The maximum atomic E-state index is 12.9. The van der Waals surface area contributed by atoms with Crippen LogP contribution in [0.25, 0.3) is 0 Å². The number of rotatable bonds is 21. The SMILES string of the molecule is CCCCCCCCCC[C@H](NC(=O)CCC(=O)N[C@@H]1O[C@H](CO)[C@@H](O)[C@H](O)[C@H]1O)C(=O)N[C@@H](CCC(=O)O)C(=O)O. The van der Waals surface area contributed by atoms with Crippen molar-refractivity contribution in [2.45, 2.75) is 133 Å². The summed E-state index contributed by atoms with van der Waals surface area (Å²) in [6.45, 7) is 1.45. The fraction of sp³-hybridized carbons (Fsp3) is 0.815. The predicted octanol–water partition coefficient (Wildman–Crippen LogP) is -0.867. The zero-order chi connectivity index (χ0) is 31.7. The van der Waals surface area contributed by atoms with Crippen molar-refractivity contribution in [2.24, 2.45) is 0 Å². The molecule has 9 N–H and O–H groups in total. The minimum Gasteiger partial charge on any atom is -0.481 e. The van der Waals surface area contributed by atoms with Crippen LogP contribution < -0.4 is 16.0 Å². The molecule has 1 aliphatic heterocycles. The average molecular weight is 606 g/mol. The topological polar surface area (TPSA) is 252 Å². The zero-order valence-corrected chi connectivity index (χ0v) is 24.1. The predicted molar refractivity (Wildman–Crippen MR) is 147 cm³/mol. The minimum atomic E-state index is -1.69. The minimum absolute atomic E-state index is 0.203. The zero-order valence-electron chi connectivity index (χ0n) is 24.1. The molecule has 42 heavy (non-hydrogen) atoms. The lowest BCUT2D eigenvalue weighted by atomic mass is 9.98. The molecule has 0 aromatic rings. The van der Waals surface area contributed by atoms with Gasteiger partial charge in [-0.2, -0.15) is 0 Å². The first-order valence-corrected chi connectivity index (χ1v) is 14.5. The highest BCUT2D eigenvalue weighted by Gasteiger charge is 2.44. The molecule has 1 aliphatic rings. The molecule has 0 unspecified atom stereocenters. The van der Waals surface area contributed by atoms with E-state index >= 15 is 0 Å². The Morgan fingerprint density at radius 3 is 1.88 bits per heavy atom. The van der Waals surface area contributed by atoms with E-state index in [-0.39, 0.29) is 19.3 Å². The van der Waals surface area contributed by atoms with Crippen molar-refractivity contribution in [1.29, 1.82) is 0 Å². The number of carbonyl (C=O) groups is 5. The summed E-state index contributed by atoms with van der Waals surface area (Å²) in [6.07, 6.45) is -1.18. The van der Waals surface area contributed by atoms with E-state index in [9.17, 15) is 49.5 Å². The highest BCUT2D eigenvalue weighted by molar-refractivity contribution is 5.91. The van der Waals surface area contributed by atoms with Gasteiger partial charge in [-0.15, -0.1) is 0 Å². The number of hydrogen-bond donors (Lipinski definition) is 9. The second-order valence-corrected chi connectivity index (χ2v) is 10.5. The van der Waals surface area contributed by atoms with Gasteiger partial charge in [0.2, 0.25) is 17.7 Å². The summed E-state index contributed by atoms with van der Waals surface area (Å²) in [5, 5.41) is 64.3. The van der Waals surface area contributed by atoms with E-state index in [0.29, 0.717) is 6.42 Å². The van der Waals surface area contributed by atoms with Crippen LogP contribution in [0.1, 0.15) is 90.4 Å². The Hall–Kier alpha value is -2.85. The third-order valence-electron chi connectivity index (χ3n) is 7.03. The molecule has 1 heterocycles.